The third-order valence-electron chi connectivity index (χ3n) is 9.12. The maximum atomic E-state index is 13.9. The average Bonchev–Trinajstić information content (AvgIpc) is 3.55. The molecule has 5 rings (SSSR count). The van der Waals surface area contributed by atoms with Gasteiger partial charge in [0.15, 0.2) is 0 Å². The topological polar surface area (TPSA) is 97.1 Å². The first-order chi connectivity index (χ1) is 21.7. The van der Waals surface area contributed by atoms with Crippen molar-refractivity contribution in [2.75, 3.05) is 11.9 Å². The zero-order chi connectivity index (χ0) is 33.3. The zero-order valence-corrected chi connectivity index (χ0v) is 29.4. The molecule has 2 aromatic heterocycles. The molecule has 246 valence electrons. The van der Waals surface area contributed by atoms with E-state index in [1.54, 1.807) is 6.20 Å². The van der Waals surface area contributed by atoms with Crippen LogP contribution >= 0.6 is 23.2 Å². The number of amides is 2. The molecule has 46 heavy (non-hydrogen) atoms. The summed E-state index contributed by atoms with van der Waals surface area (Å²) in [5, 5.41) is 7.32. The Bertz CT molecular complexity index is 1750. The number of nitrogens with one attached hydrogen (secondary N) is 2. The predicted octanol–water partition coefficient (Wildman–Crippen LogP) is 6.81. The molecule has 1 saturated carbocycles. The highest BCUT2D eigenvalue weighted by molar-refractivity contribution is 6.36. The number of carbonyl (C=O) groups is 2. The highest BCUT2D eigenvalue weighted by Gasteiger charge is 2.25. The zero-order valence-electron chi connectivity index (χ0n) is 27.9. The van der Waals surface area contributed by atoms with E-state index < -0.39 is 5.41 Å². The van der Waals surface area contributed by atoms with Crippen molar-refractivity contribution >= 4 is 51.7 Å². The van der Waals surface area contributed by atoms with Gasteiger partial charge in [-0.05, 0) is 60.9 Å². The molecule has 0 aliphatic heterocycles. The molecule has 0 saturated heterocycles. The number of fused-ring (bicyclic) bond motifs is 1. The number of hydrogen-bond acceptors (Lipinski definition) is 5. The fourth-order valence-corrected chi connectivity index (χ4v) is 6.56. The molecule has 4 aromatic rings. The van der Waals surface area contributed by atoms with E-state index in [2.05, 4.69) is 27.4 Å². The Kier molecular flexibility index (Phi) is 10.0. The second-order valence-electron chi connectivity index (χ2n) is 13.8. The highest BCUT2D eigenvalue weighted by atomic mass is 35.5. The molecule has 1 fully saturated rings. The van der Waals surface area contributed by atoms with Crippen molar-refractivity contribution < 1.29 is 9.59 Å². The standard InChI is InChI=1S/C35H45Cl2N7O2/c1-21-8-11-23(12-9-21)40-33(45)25-16-27-29(18-28(25)43(6)20-31-38-14-15-42(31)5)44(7)30(41-27)17-24-26(36)13-10-22(32(24)37)19-39-34(46)35(2,3)4/h10,13-16,18,21,23H,8-9,11-12,17,19-20H2,1-7H3,(H,39,46)(H,40,45). The number of anilines is 1. The van der Waals surface area contributed by atoms with Crippen molar-refractivity contribution in [3.63, 3.8) is 0 Å². The van der Waals surface area contributed by atoms with Gasteiger partial charge < -0.3 is 24.7 Å². The molecule has 0 unspecified atom stereocenters. The van der Waals surface area contributed by atoms with Crippen molar-refractivity contribution in [1.82, 2.24) is 29.7 Å². The van der Waals surface area contributed by atoms with E-state index in [9.17, 15) is 9.59 Å². The highest BCUT2D eigenvalue weighted by Crippen LogP contribution is 2.33. The minimum atomic E-state index is -0.510. The number of nitrogens with zero attached hydrogens (tertiary/aromatic N) is 5. The maximum Gasteiger partial charge on any atom is 0.253 e. The Morgan fingerprint density at radius 1 is 1.07 bits per heavy atom. The van der Waals surface area contributed by atoms with Gasteiger partial charge in [0.25, 0.3) is 5.91 Å². The van der Waals surface area contributed by atoms with Crippen LogP contribution in [0.3, 0.4) is 0 Å². The molecule has 1 aliphatic rings. The quantitative estimate of drug-likeness (QED) is 0.205. The first kappa shape index (κ1) is 33.8. The number of benzene rings is 2. The van der Waals surface area contributed by atoms with Crippen LogP contribution in [0.4, 0.5) is 5.69 Å². The van der Waals surface area contributed by atoms with Gasteiger partial charge >= 0.3 is 0 Å². The lowest BCUT2D eigenvalue weighted by molar-refractivity contribution is -0.128. The molecule has 1 aliphatic carbocycles. The van der Waals surface area contributed by atoms with E-state index in [-0.39, 0.29) is 17.9 Å². The van der Waals surface area contributed by atoms with Crippen LogP contribution in [0.25, 0.3) is 11.0 Å². The van der Waals surface area contributed by atoms with Gasteiger partial charge in [-0.25, -0.2) is 9.97 Å². The number of rotatable bonds is 9. The van der Waals surface area contributed by atoms with Gasteiger partial charge in [0, 0.05) is 63.0 Å². The monoisotopic (exact) mass is 665 g/mol. The van der Waals surface area contributed by atoms with Gasteiger partial charge in [0.2, 0.25) is 5.91 Å². The maximum absolute atomic E-state index is 13.9. The fourth-order valence-electron chi connectivity index (χ4n) is 5.99. The van der Waals surface area contributed by atoms with Crippen LogP contribution < -0.4 is 15.5 Å². The second kappa shape index (κ2) is 13.7. The Morgan fingerprint density at radius 3 is 2.43 bits per heavy atom. The summed E-state index contributed by atoms with van der Waals surface area (Å²) in [5.41, 5.74) is 4.01. The summed E-state index contributed by atoms with van der Waals surface area (Å²) in [4.78, 5) is 37.9. The van der Waals surface area contributed by atoms with Crippen molar-refractivity contribution in [3.05, 3.63) is 75.0 Å². The van der Waals surface area contributed by atoms with E-state index in [1.165, 1.54) is 0 Å². The number of hydrogen-bond donors (Lipinski definition) is 2. The Morgan fingerprint density at radius 2 is 1.78 bits per heavy atom. The minimum absolute atomic E-state index is 0.0583. The summed E-state index contributed by atoms with van der Waals surface area (Å²) in [6.07, 6.45) is 8.29. The van der Waals surface area contributed by atoms with Crippen LogP contribution in [0.5, 0.6) is 0 Å². The number of aromatic nitrogens is 4. The van der Waals surface area contributed by atoms with E-state index in [0.29, 0.717) is 41.0 Å². The fraction of sp³-hybridized carbons (Fsp3) is 0.486. The molecule has 2 amide bonds. The van der Waals surface area contributed by atoms with Crippen molar-refractivity contribution in [3.8, 4) is 0 Å². The van der Waals surface area contributed by atoms with E-state index in [0.717, 1.165) is 65.2 Å². The number of carbonyl (C=O) groups excluding carboxylic acids is 2. The smallest absolute Gasteiger partial charge is 0.253 e. The van der Waals surface area contributed by atoms with Gasteiger partial charge in [-0.3, -0.25) is 9.59 Å². The van der Waals surface area contributed by atoms with Crippen molar-refractivity contribution in [2.24, 2.45) is 25.4 Å². The molecule has 2 aromatic carbocycles. The van der Waals surface area contributed by atoms with Crippen LogP contribution in [0, 0.1) is 11.3 Å². The van der Waals surface area contributed by atoms with Gasteiger partial charge in [-0.15, -0.1) is 0 Å². The van der Waals surface area contributed by atoms with Gasteiger partial charge in [0.1, 0.15) is 11.6 Å². The summed E-state index contributed by atoms with van der Waals surface area (Å²) in [5.74, 6) is 2.19. The molecule has 2 heterocycles. The van der Waals surface area contributed by atoms with Crippen LogP contribution in [0.1, 0.15) is 86.5 Å². The normalized spacial score (nSPS) is 16.9. The SMILES string of the molecule is CC1CCC(NC(=O)c2cc3nc(Cc4c(Cl)ccc(CNC(=O)C(C)(C)C)c4Cl)n(C)c3cc2N(C)Cc2nccn2C)CC1. The molecule has 0 bridgehead atoms. The molecule has 0 radical (unpaired) electrons. The lowest BCUT2D eigenvalue weighted by atomic mass is 9.87. The van der Waals surface area contributed by atoms with E-state index >= 15 is 0 Å². The van der Waals surface area contributed by atoms with Gasteiger partial charge in [-0.1, -0.05) is 57.0 Å². The first-order valence-electron chi connectivity index (χ1n) is 15.9. The molecule has 0 spiro atoms. The van der Waals surface area contributed by atoms with Gasteiger partial charge in [0.05, 0.1) is 33.9 Å². The summed E-state index contributed by atoms with van der Waals surface area (Å²) in [7, 11) is 5.91. The number of halogens is 2. The molecule has 11 heteroatoms. The summed E-state index contributed by atoms with van der Waals surface area (Å²) < 4.78 is 4.01. The Labute approximate surface area is 281 Å². The molecule has 0 atom stereocenters. The third-order valence-corrected chi connectivity index (χ3v) is 9.94. The summed E-state index contributed by atoms with van der Waals surface area (Å²) >= 11 is 13.6. The van der Waals surface area contributed by atoms with E-state index in [1.807, 2.05) is 81.5 Å². The first-order valence-corrected chi connectivity index (χ1v) is 16.7. The molecular weight excluding hydrogens is 621 g/mol. The van der Waals surface area contributed by atoms with Crippen LogP contribution in [-0.4, -0.2) is 44.0 Å². The Hall–Kier alpha value is -3.56. The lowest BCUT2D eigenvalue weighted by Gasteiger charge is -2.28. The van der Waals surface area contributed by atoms with Gasteiger partial charge in [-0.2, -0.15) is 0 Å². The van der Waals surface area contributed by atoms with Crippen LogP contribution in [-0.2, 0) is 38.4 Å². The average molecular weight is 667 g/mol. The predicted molar refractivity (Wildman–Crippen MR) is 185 cm³/mol. The largest absolute Gasteiger partial charge is 0.366 e. The van der Waals surface area contributed by atoms with Crippen molar-refractivity contribution in [1.29, 1.82) is 0 Å². The third kappa shape index (κ3) is 7.36. The van der Waals surface area contributed by atoms with Crippen LogP contribution in [0.15, 0.2) is 36.7 Å². The van der Waals surface area contributed by atoms with Crippen molar-refractivity contribution in [2.45, 2.75) is 78.9 Å². The number of imidazole rings is 2. The summed E-state index contributed by atoms with van der Waals surface area (Å²) in [6, 6.07) is 7.74. The summed E-state index contributed by atoms with van der Waals surface area (Å²) in [6.45, 7) is 8.72. The molecular formula is C35H45Cl2N7O2. The second-order valence-corrected chi connectivity index (χ2v) is 14.6. The van der Waals surface area contributed by atoms with Crippen LogP contribution in [0.2, 0.25) is 10.0 Å². The molecule has 2 N–H and O–H groups in total. The molecule has 9 nitrogen and oxygen atoms in total. The Balaban J connectivity index is 1.48. The number of aryl methyl sites for hydroxylation is 2. The lowest BCUT2D eigenvalue weighted by Crippen LogP contribution is -2.38. The minimum Gasteiger partial charge on any atom is -0.366 e. The van der Waals surface area contributed by atoms with E-state index in [4.69, 9.17) is 28.2 Å².